The van der Waals surface area contributed by atoms with Gasteiger partial charge in [-0.25, -0.2) is 29.3 Å². The molecule has 0 spiro atoms. The zero-order chi connectivity index (χ0) is 20.7. The van der Waals surface area contributed by atoms with Crippen molar-refractivity contribution in [1.82, 2.24) is 44.2 Å². The van der Waals surface area contributed by atoms with Crippen LogP contribution in [0.2, 0.25) is 0 Å². The normalized spacial score (nSPS) is 12.4. The maximum Gasteiger partial charge on any atom is 0.265 e. The highest BCUT2D eigenvalue weighted by Crippen LogP contribution is 2.55. The van der Waals surface area contributed by atoms with Gasteiger partial charge in [-0.1, -0.05) is 0 Å². The molecule has 152 valence electrons. The van der Waals surface area contributed by atoms with Crippen LogP contribution in [0.3, 0.4) is 0 Å². The van der Waals surface area contributed by atoms with Crippen molar-refractivity contribution in [3.8, 4) is 0 Å². The monoisotopic (exact) mass is 432 g/mol. The molecule has 0 fully saturated rings. The zero-order valence-corrected chi connectivity index (χ0v) is 17.8. The Kier molecular flexibility index (Phi) is 6.52. The van der Waals surface area contributed by atoms with Gasteiger partial charge in [0.05, 0.1) is 73.3 Å². The first-order valence-electron chi connectivity index (χ1n) is 8.40. The topological polar surface area (TPSA) is 133 Å². The van der Waals surface area contributed by atoms with Crippen LogP contribution in [0.5, 0.6) is 0 Å². The summed E-state index contributed by atoms with van der Waals surface area (Å²) in [5, 5.41) is 13.4. The fourth-order valence-electron chi connectivity index (χ4n) is 2.21. The van der Waals surface area contributed by atoms with Gasteiger partial charge < -0.3 is 15.0 Å². The van der Waals surface area contributed by atoms with Crippen LogP contribution in [0.25, 0.3) is 0 Å². The molecule has 0 aliphatic heterocycles. The lowest BCUT2D eigenvalue weighted by molar-refractivity contribution is 0.417. The Labute approximate surface area is 172 Å². The maximum absolute atomic E-state index is 6.02. The minimum atomic E-state index is -2.71. The van der Waals surface area contributed by atoms with Crippen molar-refractivity contribution in [2.24, 2.45) is 15.3 Å². The molecule has 0 saturated heterocycles. The summed E-state index contributed by atoms with van der Waals surface area (Å²) in [6, 6.07) is 0. The van der Waals surface area contributed by atoms with E-state index in [-0.39, 0.29) is 0 Å². The maximum atomic E-state index is 6.02. The summed E-state index contributed by atoms with van der Waals surface area (Å²) in [4.78, 5) is 20.9. The number of hydrazone groups is 3. The predicted molar refractivity (Wildman–Crippen MR) is 116 cm³/mol. The molecule has 3 aromatic rings. The van der Waals surface area contributed by atoms with Crippen molar-refractivity contribution in [2.45, 2.75) is 0 Å². The molecule has 29 heavy (non-hydrogen) atoms. The highest BCUT2D eigenvalue weighted by molar-refractivity contribution is 8.11. The number of rotatable bonds is 9. The van der Waals surface area contributed by atoms with Crippen molar-refractivity contribution in [2.75, 3.05) is 21.1 Å². The summed E-state index contributed by atoms with van der Waals surface area (Å²) in [6.45, 7) is -2.71. The highest BCUT2D eigenvalue weighted by Gasteiger charge is 2.32. The van der Waals surface area contributed by atoms with Gasteiger partial charge >= 0.3 is 0 Å². The smallest absolute Gasteiger partial charge is 0.265 e. The van der Waals surface area contributed by atoms with E-state index in [1.54, 1.807) is 91.7 Å². The molecule has 0 radical (unpaired) electrons. The van der Waals surface area contributed by atoms with Gasteiger partial charge in [-0.2, -0.15) is 15.3 Å². The summed E-state index contributed by atoms with van der Waals surface area (Å²) in [7, 11) is 5.37. The van der Waals surface area contributed by atoms with Crippen molar-refractivity contribution in [1.29, 1.82) is 0 Å². The van der Waals surface area contributed by atoms with Gasteiger partial charge in [0, 0.05) is 21.1 Å². The standard InChI is InChI=1S/C15H21N12PS/c1-25(22-7-13-4-16-10-19-13)28(29,26(2)23-8-14-5-17-11-20-14)27(3)24-9-15-6-18-12-21-15/h4-12H,1-3H3,(H,16,19)(H,17,20)(H,18,21)/b22-7+,23-8+,24-9+. The van der Waals surface area contributed by atoms with E-state index in [0.29, 0.717) is 0 Å². The molecule has 0 saturated carbocycles. The summed E-state index contributed by atoms with van der Waals surface area (Å²) in [6.07, 6.45) is 14.7. The predicted octanol–water partition coefficient (Wildman–Crippen LogP) is 1.28. The number of imidazole rings is 3. The molecule has 0 atom stereocenters. The average molecular weight is 432 g/mol. The number of nitrogens with zero attached hydrogens (tertiary/aromatic N) is 9. The molecule has 12 nitrogen and oxygen atoms in total. The second-order valence-electron chi connectivity index (χ2n) is 5.74. The average Bonchev–Trinajstić information content (AvgIpc) is 3.50. The largest absolute Gasteiger partial charge is 0.344 e. The van der Waals surface area contributed by atoms with Crippen molar-refractivity contribution < 1.29 is 0 Å². The van der Waals surface area contributed by atoms with Crippen LogP contribution in [0.4, 0.5) is 0 Å². The fourth-order valence-corrected chi connectivity index (χ4v) is 4.27. The van der Waals surface area contributed by atoms with E-state index < -0.39 is 6.49 Å². The second kappa shape index (κ2) is 9.26. The number of H-pyrrole nitrogens is 3. The Morgan fingerprint density at radius 2 is 1.03 bits per heavy atom. The van der Waals surface area contributed by atoms with Crippen LogP contribution in [-0.2, 0) is 11.8 Å². The first-order chi connectivity index (χ1) is 14.0. The van der Waals surface area contributed by atoms with Crippen molar-refractivity contribution in [3.05, 3.63) is 54.7 Å². The number of hydrogen-bond donors (Lipinski definition) is 3. The van der Waals surface area contributed by atoms with Gasteiger partial charge in [-0.05, 0) is 11.8 Å². The highest BCUT2D eigenvalue weighted by atomic mass is 32.4. The Balaban J connectivity index is 1.87. The Bertz CT molecular complexity index is 863. The zero-order valence-electron chi connectivity index (χ0n) is 16.1. The van der Waals surface area contributed by atoms with Crippen LogP contribution >= 0.6 is 6.49 Å². The Morgan fingerprint density at radius 1 is 0.724 bits per heavy atom. The van der Waals surface area contributed by atoms with Crippen molar-refractivity contribution >= 4 is 36.9 Å². The molecular weight excluding hydrogens is 411 g/mol. The van der Waals surface area contributed by atoms with E-state index in [4.69, 9.17) is 11.8 Å². The summed E-state index contributed by atoms with van der Waals surface area (Å²) < 4.78 is 5.04. The molecule has 0 bridgehead atoms. The Hall–Kier alpha value is -3.31. The number of nitrogens with one attached hydrogen (secondary N) is 3. The minimum absolute atomic E-state index is 0.755. The SMILES string of the molecule is CN(/N=C/c1cnc[nH]1)P(=S)(N(C)/N=C/c1cnc[nH]1)N(C)/N=C/c1cnc[nH]1. The van der Waals surface area contributed by atoms with Gasteiger partial charge in [0.1, 0.15) is 0 Å². The van der Waals surface area contributed by atoms with Crippen LogP contribution in [0.15, 0.2) is 52.9 Å². The summed E-state index contributed by atoms with van der Waals surface area (Å²) >= 11 is 6.02. The van der Waals surface area contributed by atoms with E-state index in [1.165, 1.54) is 0 Å². The molecule has 0 amide bonds. The molecule has 14 heteroatoms. The molecule has 0 aliphatic carbocycles. The van der Waals surface area contributed by atoms with E-state index in [1.807, 2.05) is 0 Å². The Morgan fingerprint density at radius 3 is 1.28 bits per heavy atom. The molecule has 3 rings (SSSR count). The van der Waals surface area contributed by atoms with Gasteiger partial charge in [-0.3, -0.25) is 0 Å². The second-order valence-corrected chi connectivity index (χ2v) is 9.97. The molecule has 0 aromatic carbocycles. The fraction of sp³-hybridized carbons (Fsp3) is 0.200. The third-order valence-electron chi connectivity index (χ3n) is 3.78. The minimum Gasteiger partial charge on any atom is -0.344 e. The van der Waals surface area contributed by atoms with Crippen molar-refractivity contribution in [3.63, 3.8) is 0 Å². The lowest BCUT2D eigenvalue weighted by Gasteiger charge is -2.39. The molecule has 0 unspecified atom stereocenters. The molecule has 3 heterocycles. The number of aromatic nitrogens is 6. The molecule has 0 aliphatic rings. The van der Waals surface area contributed by atoms with Gasteiger partial charge in [0.25, 0.3) is 6.49 Å². The van der Waals surface area contributed by atoms with E-state index in [0.717, 1.165) is 17.1 Å². The third-order valence-corrected chi connectivity index (χ3v) is 8.48. The third kappa shape index (κ3) is 4.95. The van der Waals surface area contributed by atoms with Crippen LogP contribution in [0, 0.1) is 0 Å². The molecule has 3 aromatic heterocycles. The lowest BCUT2D eigenvalue weighted by Crippen LogP contribution is -2.29. The van der Waals surface area contributed by atoms with E-state index in [2.05, 4.69) is 45.2 Å². The number of hydrogen-bond acceptors (Lipinski definition) is 7. The van der Waals surface area contributed by atoms with Crippen LogP contribution in [-0.4, -0.2) is 84.0 Å². The van der Waals surface area contributed by atoms with Gasteiger partial charge in [0.2, 0.25) is 0 Å². The van der Waals surface area contributed by atoms with Crippen LogP contribution in [0.1, 0.15) is 17.1 Å². The lowest BCUT2D eigenvalue weighted by atomic mass is 10.5. The van der Waals surface area contributed by atoms with Gasteiger partial charge in [-0.15, -0.1) is 0 Å². The first-order valence-corrected chi connectivity index (χ1v) is 11.1. The quantitative estimate of drug-likeness (QED) is 0.263. The first kappa shape index (κ1) is 20.4. The van der Waals surface area contributed by atoms with E-state index in [9.17, 15) is 0 Å². The number of aromatic amines is 3. The summed E-state index contributed by atoms with van der Waals surface area (Å²) in [5.74, 6) is 0. The van der Waals surface area contributed by atoms with Crippen LogP contribution < -0.4 is 0 Å². The van der Waals surface area contributed by atoms with E-state index >= 15 is 0 Å². The molecule has 3 N–H and O–H groups in total. The van der Waals surface area contributed by atoms with Gasteiger partial charge in [0.15, 0.2) is 0 Å². The molecular formula is C15H21N12PS. The summed E-state index contributed by atoms with van der Waals surface area (Å²) in [5.41, 5.74) is 2.27.